The lowest BCUT2D eigenvalue weighted by Crippen LogP contribution is -2.43. The van der Waals surface area contributed by atoms with Gasteiger partial charge in [0.2, 0.25) is 5.91 Å². The molecular weight excluding hydrogens is 370 g/mol. The predicted molar refractivity (Wildman–Crippen MR) is 108 cm³/mol. The van der Waals surface area contributed by atoms with E-state index >= 15 is 0 Å². The Labute approximate surface area is 170 Å². The third kappa shape index (κ3) is 4.46. The number of ether oxygens (including phenoxy) is 1. The summed E-state index contributed by atoms with van der Waals surface area (Å²) in [6.45, 7) is 4.59. The summed E-state index contributed by atoms with van der Waals surface area (Å²) in [5.74, 6) is -0.849. The number of amides is 4. The SMILES string of the molecule is CCOCc1ccccc1CNC(=O)CN1C(=O)NC(C)(c2ccccc2)C1=O. The van der Waals surface area contributed by atoms with Crippen LogP contribution in [-0.4, -0.2) is 35.9 Å². The van der Waals surface area contributed by atoms with Crippen molar-refractivity contribution in [3.63, 3.8) is 0 Å². The molecule has 1 unspecified atom stereocenters. The molecule has 152 valence electrons. The van der Waals surface area contributed by atoms with Gasteiger partial charge >= 0.3 is 6.03 Å². The number of rotatable bonds is 8. The molecule has 0 radical (unpaired) electrons. The first-order valence-electron chi connectivity index (χ1n) is 9.56. The molecule has 7 heteroatoms. The van der Waals surface area contributed by atoms with Gasteiger partial charge in [-0.2, -0.15) is 0 Å². The molecule has 3 rings (SSSR count). The monoisotopic (exact) mass is 395 g/mol. The summed E-state index contributed by atoms with van der Waals surface area (Å²) < 4.78 is 5.45. The maximum atomic E-state index is 12.9. The highest BCUT2D eigenvalue weighted by atomic mass is 16.5. The molecule has 1 aliphatic heterocycles. The van der Waals surface area contributed by atoms with E-state index in [0.29, 0.717) is 25.3 Å². The van der Waals surface area contributed by atoms with Gasteiger partial charge in [0.15, 0.2) is 0 Å². The number of nitrogens with one attached hydrogen (secondary N) is 2. The Morgan fingerprint density at radius 3 is 2.41 bits per heavy atom. The lowest BCUT2D eigenvalue weighted by molar-refractivity contribution is -0.134. The van der Waals surface area contributed by atoms with Crippen molar-refractivity contribution in [1.82, 2.24) is 15.5 Å². The van der Waals surface area contributed by atoms with Crippen LogP contribution in [0.3, 0.4) is 0 Å². The Balaban J connectivity index is 1.63. The lowest BCUT2D eigenvalue weighted by Gasteiger charge is -2.22. The van der Waals surface area contributed by atoms with E-state index in [-0.39, 0.29) is 6.54 Å². The van der Waals surface area contributed by atoms with E-state index in [0.717, 1.165) is 16.0 Å². The van der Waals surface area contributed by atoms with Crippen LogP contribution in [0.1, 0.15) is 30.5 Å². The van der Waals surface area contributed by atoms with Gasteiger partial charge in [0.1, 0.15) is 12.1 Å². The molecule has 0 aliphatic carbocycles. The molecule has 7 nitrogen and oxygen atoms in total. The van der Waals surface area contributed by atoms with Gasteiger partial charge in [0.05, 0.1) is 6.61 Å². The summed E-state index contributed by atoms with van der Waals surface area (Å²) >= 11 is 0. The zero-order chi connectivity index (χ0) is 20.9. The molecule has 2 aromatic carbocycles. The van der Waals surface area contributed by atoms with E-state index in [4.69, 9.17) is 4.74 Å². The average Bonchev–Trinajstić information content (AvgIpc) is 2.96. The van der Waals surface area contributed by atoms with Crippen molar-refractivity contribution in [2.45, 2.75) is 32.5 Å². The zero-order valence-corrected chi connectivity index (χ0v) is 16.6. The molecule has 2 aromatic rings. The quantitative estimate of drug-likeness (QED) is 0.672. The summed E-state index contributed by atoms with van der Waals surface area (Å²) in [5, 5.41) is 5.48. The minimum Gasteiger partial charge on any atom is -0.377 e. The first-order valence-corrected chi connectivity index (χ1v) is 9.56. The van der Waals surface area contributed by atoms with Crippen molar-refractivity contribution in [3.8, 4) is 0 Å². The fourth-order valence-corrected chi connectivity index (χ4v) is 3.28. The first kappa shape index (κ1) is 20.5. The number of benzene rings is 2. The van der Waals surface area contributed by atoms with Crippen LogP contribution in [0, 0.1) is 0 Å². The second kappa shape index (κ2) is 8.87. The van der Waals surface area contributed by atoms with E-state index in [1.165, 1.54) is 0 Å². The second-order valence-corrected chi connectivity index (χ2v) is 7.00. The van der Waals surface area contributed by atoms with Crippen molar-refractivity contribution < 1.29 is 19.1 Å². The van der Waals surface area contributed by atoms with E-state index in [9.17, 15) is 14.4 Å². The molecule has 0 bridgehead atoms. The molecule has 1 saturated heterocycles. The summed E-state index contributed by atoms with van der Waals surface area (Å²) in [6.07, 6.45) is 0. The minimum absolute atomic E-state index is 0.293. The smallest absolute Gasteiger partial charge is 0.325 e. The predicted octanol–water partition coefficient (Wildman–Crippen LogP) is 2.31. The molecule has 0 aromatic heterocycles. The summed E-state index contributed by atoms with van der Waals surface area (Å²) in [4.78, 5) is 38.6. The fraction of sp³-hybridized carbons (Fsp3) is 0.318. The summed E-state index contributed by atoms with van der Waals surface area (Å²) in [7, 11) is 0. The standard InChI is InChI=1S/C22H25N3O4/c1-3-29-15-17-10-8-7-9-16(17)13-23-19(26)14-25-20(27)22(2,24-21(25)28)18-11-5-4-6-12-18/h4-12H,3,13-15H2,1-2H3,(H,23,26)(H,24,28). The van der Waals surface area contributed by atoms with Crippen LogP contribution in [-0.2, 0) is 33.0 Å². The van der Waals surface area contributed by atoms with E-state index in [1.807, 2.05) is 37.3 Å². The molecule has 1 fully saturated rings. The van der Waals surface area contributed by atoms with E-state index < -0.39 is 23.4 Å². The summed E-state index contributed by atoms with van der Waals surface area (Å²) in [5.41, 5.74) is 1.41. The highest BCUT2D eigenvalue weighted by Gasteiger charge is 2.49. The van der Waals surface area contributed by atoms with E-state index in [1.54, 1.807) is 31.2 Å². The van der Waals surface area contributed by atoms with Gasteiger partial charge in [-0.05, 0) is 30.5 Å². The number of hydrogen-bond acceptors (Lipinski definition) is 4. The summed E-state index contributed by atoms with van der Waals surface area (Å²) in [6, 6.07) is 16.1. The van der Waals surface area contributed by atoms with Gasteiger partial charge in [0, 0.05) is 13.2 Å². The van der Waals surface area contributed by atoms with Gasteiger partial charge in [-0.25, -0.2) is 4.79 Å². The third-order valence-electron chi connectivity index (χ3n) is 4.98. The van der Waals surface area contributed by atoms with Gasteiger partial charge in [-0.15, -0.1) is 0 Å². The zero-order valence-electron chi connectivity index (χ0n) is 16.6. The van der Waals surface area contributed by atoms with Crippen molar-refractivity contribution in [2.75, 3.05) is 13.2 Å². The normalized spacial score (nSPS) is 18.6. The second-order valence-electron chi connectivity index (χ2n) is 7.00. The van der Waals surface area contributed by atoms with Crippen molar-refractivity contribution in [2.24, 2.45) is 0 Å². The van der Waals surface area contributed by atoms with Crippen LogP contribution < -0.4 is 10.6 Å². The minimum atomic E-state index is -1.18. The number of urea groups is 1. The van der Waals surface area contributed by atoms with Crippen LogP contribution >= 0.6 is 0 Å². The lowest BCUT2D eigenvalue weighted by atomic mass is 9.92. The van der Waals surface area contributed by atoms with Gasteiger partial charge in [-0.1, -0.05) is 54.6 Å². The molecule has 0 saturated carbocycles. The number of hydrogen-bond donors (Lipinski definition) is 2. The molecule has 2 N–H and O–H groups in total. The number of nitrogens with zero attached hydrogens (tertiary/aromatic N) is 1. The molecule has 1 aliphatic rings. The van der Waals surface area contributed by atoms with Crippen molar-refractivity contribution in [3.05, 3.63) is 71.3 Å². The molecule has 1 heterocycles. The van der Waals surface area contributed by atoms with Gasteiger partial charge in [-0.3, -0.25) is 14.5 Å². The fourth-order valence-electron chi connectivity index (χ4n) is 3.28. The Bertz CT molecular complexity index is 900. The van der Waals surface area contributed by atoms with Crippen LogP contribution in [0.4, 0.5) is 4.79 Å². The molecule has 4 amide bonds. The Hall–Kier alpha value is -3.19. The number of carbonyl (C=O) groups excluding carboxylic acids is 3. The van der Waals surface area contributed by atoms with Gasteiger partial charge < -0.3 is 15.4 Å². The van der Waals surface area contributed by atoms with Crippen LogP contribution in [0.2, 0.25) is 0 Å². The first-order chi connectivity index (χ1) is 14.0. The highest BCUT2D eigenvalue weighted by molar-refractivity contribution is 6.09. The number of carbonyl (C=O) groups is 3. The number of imide groups is 1. The maximum absolute atomic E-state index is 12.9. The topological polar surface area (TPSA) is 87.7 Å². The largest absolute Gasteiger partial charge is 0.377 e. The molecular formula is C22H25N3O4. The third-order valence-corrected chi connectivity index (χ3v) is 4.98. The van der Waals surface area contributed by atoms with Crippen molar-refractivity contribution in [1.29, 1.82) is 0 Å². The molecule has 1 atom stereocenters. The van der Waals surface area contributed by atoms with Crippen LogP contribution in [0.15, 0.2) is 54.6 Å². The highest BCUT2D eigenvalue weighted by Crippen LogP contribution is 2.28. The Morgan fingerprint density at radius 1 is 1.07 bits per heavy atom. The molecule has 0 spiro atoms. The maximum Gasteiger partial charge on any atom is 0.325 e. The van der Waals surface area contributed by atoms with Crippen LogP contribution in [0.25, 0.3) is 0 Å². The Kier molecular flexibility index (Phi) is 6.29. The molecule has 29 heavy (non-hydrogen) atoms. The van der Waals surface area contributed by atoms with Crippen LogP contribution in [0.5, 0.6) is 0 Å². The van der Waals surface area contributed by atoms with Crippen molar-refractivity contribution >= 4 is 17.8 Å². The van der Waals surface area contributed by atoms with Gasteiger partial charge in [0.25, 0.3) is 5.91 Å². The average molecular weight is 395 g/mol. The Morgan fingerprint density at radius 2 is 1.72 bits per heavy atom. The van der Waals surface area contributed by atoms with E-state index in [2.05, 4.69) is 10.6 Å².